The van der Waals surface area contributed by atoms with Crippen molar-refractivity contribution >= 4 is 0 Å². The van der Waals surface area contributed by atoms with Crippen LogP contribution in [0.5, 0.6) is 0 Å². The lowest BCUT2D eigenvalue weighted by Crippen LogP contribution is -2.39. The molecule has 2 aliphatic rings. The summed E-state index contributed by atoms with van der Waals surface area (Å²) in [6, 6.07) is 0. The Bertz CT molecular complexity index is 299. The van der Waals surface area contributed by atoms with E-state index in [-0.39, 0.29) is 0 Å². The zero-order chi connectivity index (χ0) is 15.6. The molecule has 0 radical (unpaired) electrons. The first-order chi connectivity index (χ1) is 9.68. The smallest absolute Gasteiger partial charge is 0.0972 e. The number of allylic oxidation sites excluding steroid dienone is 2. The Morgan fingerprint density at radius 2 is 1.75 bits per heavy atom. The summed E-state index contributed by atoms with van der Waals surface area (Å²) in [5.41, 5.74) is 1.93. The minimum absolute atomic E-state index is 0.361. The fourth-order valence-corrected chi connectivity index (χ4v) is 2.97. The highest BCUT2D eigenvalue weighted by Crippen LogP contribution is 2.46. The van der Waals surface area contributed by atoms with E-state index in [1.54, 1.807) is 5.57 Å². The summed E-state index contributed by atoms with van der Waals surface area (Å²) in [5.74, 6) is 1.19. The van der Waals surface area contributed by atoms with Crippen LogP contribution in [0.15, 0.2) is 24.0 Å². The third-order valence-electron chi connectivity index (χ3n) is 4.17. The lowest BCUT2D eigenvalue weighted by molar-refractivity contribution is 0.0962. The van der Waals surface area contributed by atoms with Crippen molar-refractivity contribution in [2.24, 2.45) is 5.41 Å². The standard InChI is InChI=1S/C14H23NO.2C2H6/c1-4-5-6-13-12(2)16-11-14(13)7-9-15(3)10-8-14;2*1-2/h4H,1,5-11H2,2-3H3;2*1-2H3. The molecule has 2 rings (SSSR count). The second-order valence-corrected chi connectivity index (χ2v) is 5.23. The van der Waals surface area contributed by atoms with Crippen LogP contribution in [-0.4, -0.2) is 31.6 Å². The lowest BCUT2D eigenvalue weighted by Gasteiger charge is -2.38. The molecule has 0 N–H and O–H groups in total. The number of hydrogen-bond acceptors (Lipinski definition) is 2. The predicted molar refractivity (Wildman–Crippen MR) is 89.9 cm³/mol. The molecular weight excluding hydrogens is 246 g/mol. The van der Waals surface area contributed by atoms with Crippen molar-refractivity contribution in [1.29, 1.82) is 0 Å². The highest BCUT2D eigenvalue weighted by molar-refractivity contribution is 5.24. The number of rotatable bonds is 3. The van der Waals surface area contributed by atoms with Crippen molar-refractivity contribution in [3.8, 4) is 0 Å². The van der Waals surface area contributed by atoms with Crippen molar-refractivity contribution in [3.63, 3.8) is 0 Å². The number of likely N-dealkylation sites (tertiary alicyclic amines) is 1. The Kier molecular flexibility index (Phi) is 9.66. The molecule has 0 amide bonds. The van der Waals surface area contributed by atoms with Gasteiger partial charge in [0.2, 0.25) is 0 Å². The van der Waals surface area contributed by atoms with Crippen LogP contribution in [0.25, 0.3) is 0 Å². The van der Waals surface area contributed by atoms with Crippen LogP contribution in [0.1, 0.15) is 60.3 Å². The van der Waals surface area contributed by atoms with Gasteiger partial charge in [0.15, 0.2) is 0 Å². The average Bonchev–Trinajstić information content (AvgIpc) is 2.81. The van der Waals surface area contributed by atoms with Crippen LogP contribution in [-0.2, 0) is 4.74 Å². The summed E-state index contributed by atoms with van der Waals surface area (Å²) in [7, 11) is 2.21. The van der Waals surface area contributed by atoms with Gasteiger partial charge in [0, 0.05) is 5.41 Å². The maximum absolute atomic E-state index is 5.82. The molecule has 0 aromatic carbocycles. The van der Waals surface area contributed by atoms with Crippen molar-refractivity contribution in [2.45, 2.75) is 60.3 Å². The largest absolute Gasteiger partial charge is 0.497 e. The number of nitrogens with zero attached hydrogens (tertiary/aromatic N) is 1. The molecule has 2 heteroatoms. The van der Waals surface area contributed by atoms with E-state index in [9.17, 15) is 0 Å². The van der Waals surface area contributed by atoms with Crippen LogP contribution in [0.2, 0.25) is 0 Å². The van der Waals surface area contributed by atoms with Crippen LogP contribution >= 0.6 is 0 Å². The molecule has 2 heterocycles. The highest BCUT2D eigenvalue weighted by atomic mass is 16.5. The zero-order valence-corrected chi connectivity index (χ0v) is 14.6. The van der Waals surface area contributed by atoms with Gasteiger partial charge >= 0.3 is 0 Å². The molecular formula is C18H35NO. The second-order valence-electron chi connectivity index (χ2n) is 5.23. The molecule has 2 aliphatic heterocycles. The number of piperidine rings is 1. The topological polar surface area (TPSA) is 12.5 Å². The molecule has 0 aliphatic carbocycles. The maximum Gasteiger partial charge on any atom is 0.0972 e. The third kappa shape index (κ3) is 4.66. The molecule has 0 unspecified atom stereocenters. The first-order valence-electron chi connectivity index (χ1n) is 8.30. The van der Waals surface area contributed by atoms with Gasteiger partial charge in [0.05, 0.1) is 12.4 Å². The molecule has 0 saturated carbocycles. The molecule has 2 nitrogen and oxygen atoms in total. The van der Waals surface area contributed by atoms with Crippen LogP contribution in [0.3, 0.4) is 0 Å². The van der Waals surface area contributed by atoms with Gasteiger partial charge in [0.1, 0.15) is 0 Å². The van der Waals surface area contributed by atoms with E-state index in [2.05, 4.69) is 25.5 Å². The molecule has 0 aromatic heterocycles. The van der Waals surface area contributed by atoms with E-state index in [4.69, 9.17) is 4.74 Å². The van der Waals surface area contributed by atoms with Crippen LogP contribution < -0.4 is 0 Å². The van der Waals surface area contributed by atoms with E-state index in [0.717, 1.165) is 19.4 Å². The van der Waals surface area contributed by atoms with E-state index >= 15 is 0 Å². The molecule has 1 saturated heterocycles. The summed E-state index contributed by atoms with van der Waals surface area (Å²) in [4.78, 5) is 2.42. The molecule has 1 fully saturated rings. The average molecular weight is 281 g/mol. The van der Waals surface area contributed by atoms with Gasteiger partial charge in [-0.1, -0.05) is 33.8 Å². The summed E-state index contributed by atoms with van der Waals surface area (Å²) >= 11 is 0. The molecule has 118 valence electrons. The monoisotopic (exact) mass is 281 g/mol. The molecule has 1 spiro atoms. The fraction of sp³-hybridized carbons (Fsp3) is 0.778. The highest BCUT2D eigenvalue weighted by Gasteiger charge is 2.42. The van der Waals surface area contributed by atoms with Gasteiger partial charge in [0.25, 0.3) is 0 Å². The number of ether oxygens (including phenoxy) is 1. The summed E-state index contributed by atoms with van der Waals surface area (Å²) < 4.78 is 5.82. The summed E-state index contributed by atoms with van der Waals surface area (Å²) in [6.45, 7) is 17.3. The SMILES string of the molecule is C=CCCC1=C(C)OCC12CCN(C)CC2.CC.CC. The normalized spacial score (nSPS) is 20.5. The Hall–Kier alpha value is -0.760. The van der Waals surface area contributed by atoms with E-state index in [1.165, 1.54) is 31.7 Å². The Balaban J connectivity index is 0.000000829. The first kappa shape index (κ1) is 19.2. The minimum atomic E-state index is 0.361. The second kappa shape index (κ2) is 10.0. The Labute approximate surface area is 126 Å². The summed E-state index contributed by atoms with van der Waals surface area (Å²) in [6.07, 6.45) is 6.74. The Morgan fingerprint density at radius 1 is 1.20 bits per heavy atom. The molecule has 0 bridgehead atoms. The third-order valence-corrected chi connectivity index (χ3v) is 4.17. The van der Waals surface area contributed by atoms with Gasteiger partial charge < -0.3 is 9.64 Å². The van der Waals surface area contributed by atoms with E-state index < -0.39 is 0 Å². The van der Waals surface area contributed by atoms with E-state index in [1.807, 2.05) is 33.8 Å². The molecule has 20 heavy (non-hydrogen) atoms. The fourth-order valence-electron chi connectivity index (χ4n) is 2.97. The van der Waals surface area contributed by atoms with Crippen LogP contribution in [0.4, 0.5) is 0 Å². The van der Waals surface area contributed by atoms with Crippen molar-refractivity contribution in [2.75, 3.05) is 26.7 Å². The zero-order valence-electron chi connectivity index (χ0n) is 14.6. The van der Waals surface area contributed by atoms with Crippen molar-refractivity contribution < 1.29 is 4.74 Å². The Morgan fingerprint density at radius 3 is 2.25 bits per heavy atom. The first-order valence-corrected chi connectivity index (χ1v) is 8.30. The molecule has 0 aromatic rings. The summed E-state index contributed by atoms with van der Waals surface area (Å²) in [5, 5.41) is 0. The van der Waals surface area contributed by atoms with Gasteiger partial charge in [-0.2, -0.15) is 0 Å². The van der Waals surface area contributed by atoms with Gasteiger partial charge in [-0.3, -0.25) is 0 Å². The van der Waals surface area contributed by atoms with Crippen LogP contribution in [0, 0.1) is 5.41 Å². The maximum atomic E-state index is 5.82. The predicted octanol–water partition coefficient (Wildman–Crippen LogP) is 5.02. The van der Waals surface area contributed by atoms with Gasteiger partial charge in [-0.25, -0.2) is 0 Å². The minimum Gasteiger partial charge on any atom is -0.497 e. The quantitative estimate of drug-likeness (QED) is 0.673. The molecule has 0 atom stereocenters. The number of hydrogen-bond donors (Lipinski definition) is 0. The van der Waals surface area contributed by atoms with Gasteiger partial charge in [-0.05, 0) is 58.3 Å². The lowest BCUT2D eigenvalue weighted by atomic mass is 9.72. The van der Waals surface area contributed by atoms with Crippen molar-refractivity contribution in [1.82, 2.24) is 4.90 Å². The van der Waals surface area contributed by atoms with Gasteiger partial charge in [-0.15, -0.1) is 6.58 Å². The van der Waals surface area contributed by atoms with E-state index in [0.29, 0.717) is 5.41 Å². The van der Waals surface area contributed by atoms with Crippen molar-refractivity contribution in [3.05, 3.63) is 24.0 Å².